The van der Waals surface area contributed by atoms with E-state index in [2.05, 4.69) is 31.1 Å². The lowest BCUT2D eigenvalue weighted by atomic mass is 9.94. The predicted octanol–water partition coefficient (Wildman–Crippen LogP) is 5.53. The molecule has 12 nitrogen and oxygen atoms in total. The third-order valence-corrected chi connectivity index (χ3v) is 8.22. The van der Waals surface area contributed by atoms with Gasteiger partial charge in [-0.1, -0.05) is 48.2 Å². The number of nitrogens with one attached hydrogen (secondary N) is 2. The molecule has 0 aliphatic carbocycles. The molecular formula is C33H33Cl2N7O5. The number of hydrogen-bond donors (Lipinski definition) is 2. The highest BCUT2D eigenvalue weighted by Crippen LogP contribution is 2.35. The summed E-state index contributed by atoms with van der Waals surface area (Å²) in [6, 6.07) is 11.4. The first-order valence-corrected chi connectivity index (χ1v) is 15.8. The summed E-state index contributed by atoms with van der Waals surface area (Å²) in [7, 11) is 1.34. The van der Waals surface area contributed by atoms with Crippen LogP contribution in [0.1, 0.15) is 55.3 Å². The first-order chi connectivity index (χ1) is 22.7. The fourth-order valence-corrected chi connectivity index (χ4v) is 5.79. The third kappa shape index (κ3) is 8.52. The van der Waals surface area contributed by atoms with E-state index in [0.717, 1.165) is 5.56 Å². The molecule has 2 atom stereocenters. The molecule has 244 valence electrons. The van der Waals surface area contributed by atoms with Crippen molar-refractivity contribution in [2.24, 2.45) is 0 Å². The van der Waals surface area contributed by atoms with E-state index in [4.69, 9.17) is 32.7 Å². The quantitative estimate of drug-likeness (QED) is 0.138. The molecule has 1 aliphatic heterocycles. The summed E-state index contributed by atoms with van der Waals surface area (Å²) < 4.78 is 11.7. The lowest BCUT2D eigenvalue weighted by Gasteiger charge is -2.25. The SMILES string of the molecule is CCOC(=O)[C@H]1CCCCC(NC(=O)/C=C/c2cc(Cl)ccc2-n2cnnn2)c2cc(cnc2Cl)-c2ccc(CC(=O)OC)cc2N1. The number of anilines is 1. The zero-order valence-corrected chi connectivity index (χ0v) is 27.3. The summed E-state index contributed by atoms with van der Waals surface area (Å²) >= 11 is 12.9. The molecule has 2 aromatic heterocycles. The van der Waals surface area contributed by atoms with Gasteiger partial charge in [0, 0.05) is 45.2 Å². The van der Waals surface area contributed by atoms with E-state index in [1.807, 2.05) is 24.3 Å². The Kier molecular flexibility index (Phi) is 11.2. The van der Waals surface area contributed by atoms with Gasteiger partial charge in [0.15, 0.2) is 0 Å². The average Bonchev–Trinajstić information content (AvgIpc) is 3.59. The van der Waals surface area contributed by atoms with Crippen molar-refractivity contribution in [2.45, 2.75) is 51.1 Å². The number of rotatable bonds is 8. The molecule has 47 heavy (non-hydrogen) atoms. The summed E-state index contributed by atoms with van der Waals surface area (Å²) in [5.74, 6) is -1.11. The number of methoxy groups -OCH3 is 1. The lowest BCUT2D eigenvalue weighted by molar-refractivity contribution is -0.144. The van der Waals surface area contributed by atoms with Crippen molar-refractivity contribution in [1.82, 2.24) is 30.5 Å². The zero-order chi connectivity index (χ0) is 33.3. The first kappa shape index (κ1) is 33.6. The van der Waals surface area contributed by atoms with E-state index in [1.54, 1.807) is 37.4 Å². The van der Waals surface area contributed by atoms with E-state index >= 15 is 0 Å². The Morgan fingerprint density at radius 2 is 1.94 bits per heavy atom. The number of tetrazole rings is 1. The Labute approximate surface area is 281 Å². The van der Waals surface area contributed by atoms with E-state index in [9.17, 15) is 14.4 Å². The van der Waals surface area contributed by atoms with Gasteiger partial charge in [-0.25, -0.2) is 9.78 Å². The van der Waals surface area contributed by atoms with E-state index in [1.165, 1.54) is 24.2 Å². The Balaban J connectivity index is 1.48. The van der Waals surface area contributed by atoms with E-state index in [0.29, 0.717) is 64.3 Å². The molecule has 2 aromatic carbocycles. The van der Waals surface area contributed by atoms with Crippen LogP contribution in [-0.2, 0) is 30.3 Å². The van der Waals surface area contributed by atoms with Gasteiger partial charge in [-0.2, -0.15) is 4.68 Å². The van der Waals surface area contributed by atoms with Crippen molar-refractivity contribution in [1.29, 1.82) is 0 Å². The molecule has 4 aromatic rings. The second-order valence-electron chi connectivity index (χ2n) is 10.8. The fourth-order valence-electron chi connectivity index (χ4n) is 5.37. The number of fused-ring (bicyclic) bond motifs is 4. The number of amides is 1. The molecule has 0 saturated carbocycles. The van der Waals surface area contributed by atoms with Crippen LogP contribution >= 0.6 is 23.2 Å². The topological polar surface area (TPSA) is 150 Å². The van der Waals surface area contributed by atoms with Gasteiger partial charge in [-0.3, -0.25) is 9.59 Å². The second-order valence-corrected chi connectivity index (χ2v) is 11.6. The molecule has 2 N–H and O–H groups in total. The molecule has 3 heterocycles. The number of ether oxygens (including phenoxy) is 2. The van der Waals surface area contributed by atoms with Gasteiger partial charge in [-0.05, 0) is 72.2 Å². The summed E-state index contributed by atoms with van der Waals surface area (Å²) in [5, 5.41) is 18.5. The number of esters is 2. The molecule has 1 aliphatic rings. The zero-order valence-electron chi connectivity index (χ0n) is 25.8. The Bertz CT molecular complexity index is 1780. The number of benzene rings is 2. The molecule has 1 unspecified atom stereocenters. The van der Waals surface area contributed by atoms with Crippen LogP contribution in [-0.4, -0.2) is 62.8 Å². The van der Waals surface area contributed by atoms with Crippen LogP contribution in [0, 0.1) is 0 Å². The molecule has 14 heteroatoms. The van der Waals surface area contributed by atoms with Gasteiger partial charge < -0.3 is 20.1 Å². The Morgan fingerprint density at radius 3 is 2.70 bits per heavy atom. The van der Waals surface area contributed by atoms with Crippen LogP contribution in [0.3, 0.4) is 0 Å². The number of carbonyl (C=O) groups is 3. The summed E-state index contributed by atoms with van der Waals surface area (Å²) in [5.41, 5.74) is 4.71. The van der Waals surface area contributed by atoms with Crippen LogP contribution in [0.4, 0.5) is 5.69 Å². The first-order valence-electron chi connectivity index (χ1n) is 15.1. The number of aromatic nitrogens is 5. The largest absolute Gasteiger partial charge is 0.469 e. The van der Waals surface area contributed by atoms with Crippen molar-refractivity contribution in [2.75, 3.05) is 19.0 Å². The van der Waals surface area contributed by atoms with Gasteiger partial charge >= 0.3 is 11.9 Å². The monoisotopic (exact) mass is 677 g/mol. The molecule has 2 bridgehead atoms. The van der Waals surface area contributed by atoms with Gasteiger partial charge in [0.2, 0.25) is 5.91 Å². The van der Waals surface area contributed by atoms with Crippen molar-refractivity contribution < 1.29 is 23.9 Å². The molecule has 0 fully saturated rings. The number of nitrogens with zero attached hydrogens (tertiary/aromatic N) is 5. The summed E-state index contributed by atoms with van der Waals surface area (Å²) in [6.45, 7) is 2.00. The Hall–Kier alpha value is -4.81. The molecule has 1 amide bonds. The van der Waals surface area contributed by atoms with Gasteiger partial charge in [0.1, 0.15) is 17.5 Å². The van der Waals surface area contributed by atoms with Crippen LogP contribution < -0.4 is 10.6 Å². The maximum atomic E-state index is 13.4. The molecular weight excluding hydrogens is 645 g/mol. The van der Waals surface area contributed by atoms with Gasteiger partial charge in [0.25, 0.3) is 0 Å². The maximum Gasteiger partial charge on any atom is 0.328 e. The highest BCUT2D eigenvalue weighted by molar-refractivity contribution is 6.31. The minimum Gasteiger partial charge on any atom is -0.469 e. The predicted molar refractivity (Wildman–Crippen MR) is 177 cm³/mol. The van der Waals surface area contributed by atoms with Crippen LogP contribution in [0.5, 0.6) is 0 Å². The second kappa shape index (κ2) is 15.7. The number of halogens is 2. The molecule has 5 rings (SSSR count). The summed E-state index contributed by atoms with van der Waals surface area (Å²) in [4.78, 5) is 42.9. The van der Waals surface area contributed by atoms with Crippen molar-refractivity contribution in [3.63, 3.8) is 0 Å². The Morgan fingerprint density at radius 1 is 1.11 bits per heavy atom. The van der Waals surface area contributed by atoms with E-state index in [-0.39, 0.29) is 36.0 Å². The minimum atomic E-state index is -0.635. The smallest absolute Gasteiger partial charge is 0.328 e. The maximum absolute atomic E-state index is 13.4. The highest BCUT2D eigenvalue weighted by atomic mass is 35.5. The lowest BCUT2D eigenvalue weighted by Crippen LogP contribution is -2.32. The van der Waals surface area contributed by atoms with Crippen LogP contribution in [0.15, 0.2) is 61.1 Å². The van der Waals surface area contributed by atoms with Crippen molar-refractivity contribution in [3.05, 3.63) is 87.9 Å². The number of hydrogen-bond acceptors (Lipinski definition) is 10. The third-order valence-electron chi connectivity index (χ3n) is 7.67. The van der Waals surface area contributed by atoms with Crippen molar-refractivity contribution in [3.8, 4) is 16.8 Å². The van der Waals surface area contributed by atoms with Crippen LogP contribution in [0.2, 0.25) is 10.2 Å². The van der Waals surface area contributed by atoms with E-state index < -0.39 is 12.1 Å². The normalized spacial score (nSPS) is 16.3. The minimum absolute atomic E-state index is 0.0632. The molecule has 0 spiro atoms. The highest BCUT2D eigenvalue weighted by Gasteiger charge is 2.25. The molecule has 0 radical (unpaired) electrons. The number of pyridine rings is 1. The number of carbonyl (C=O) groups excluding carboxylic acids is 3. The molecule has 0 saturated heterocycles. The summed E-state index contributed by atoms with van der Waals surface area (Å²) in [6.07, 6.45) is 8.55. The van der Waals surface area contributed by atoms with Gasteiger partial charge in [-0.15, -0.1) is 5.10 Å². The van der Waals surface area contributed by atoms with Crippen molar-refractivity contribution >= 4 is 52.8 Å². The standard InChI is InChI=1S/C33H33Cl2N7O5/c1-3-47-33(45)27-7-5-4-6-26(39-30(43)13-9-21-16-23(34)10-12-29(21)42-19-37-40-41-42)25-17-22(18-36-32(25)35)24-11-8-20(14-28(24)38-27)15-31(44)46-2/h8-14,16-19,26-27,38H,3-7,15H2,1-2H3,(H,39,43)/b13-9+/t26?,27-/m1/s1. The van der Waals surface area contributed by atoms with Gasteiger partial charge in [0.05, 0.1) is 31.9 Å². The fraction of sp³-hybridized carbons (Fsp3) is 0.303. The van der Waals surface area contributed by atoms with Crippen LogP contribution in [0.25, 0.3) is 22.9 Å². The average molecular weight is 679 g/mol.